The fourth-order valence-electron chi connectivity index (χ4n) is 3.04. The fraction of sp³-hybridized carbons (Fsp3) is 0.250. The van der Waals surface area contributed by atoms with Gasteiger partial charge in [-0.15, -0.1) is 0 Å². The standard InChI is InChI=1S/C20H19F3N4O3/c21-20(22,23)13-5-4-8-15(11-13)25-17(28)12-16-18(29)24-9-10-27(16)19(30)26-14-6-2-1-3-7-14/h1-8,11,16H,9-10,12H2,(H,24,29)(H,25,28)(H,26,30)/t16-/m0/s1. The average Bonchev–Trinajstić information content (AvgIpc) is 2.70. The van der Waals surface area contributed by atoms with Crippen LogP contribution in [0.25, 0.3) is 0 Å². The summed E-state index contributed by atoms with van der Waals surface area (Å²) in [6.45, 7) is 0.415. The van der Waals surface area contributed by atoms with E-state index in [1.807, 2.05) is 0 Å². The first-order chi connectivity index (χ1) is 14.2. The second-order valence-corrected chi connectivity index (χ2v) is 6.63. The van der Waals surface area contributed by atoms with Crippen LogP contribution in [0.4, 0.5) is 29.3 Å². The zero-order valence-corrected chi connectivity index (χ0v) is 15.7. The van der Waals surface area contributed by atoms with Crippen molar-refractivity contribution in [1.29, 1.82) is 0 Å². The summed E-state index contributed by atoms with van der Waals surface area (Å²) in [4.78, 5) is 38.5. The first kappa shape index (κ1) is 21.2. The van der Waals surface area contributed by atoms with Gasteiger partial charge in [-0.2, -0.15) is 13.2 Å². The Kier molecular flexibility index (Phi) is 6.24. The van der Waals surface area contributed by atoms with Crippen molar-refractivity contribution >= 4 is 29.2 Å². The number of piperazine rings is 1. The third kappa shape index (κ3) is 5.28. The second kappa shape index (κ2) is 8.85. The molecule has 2 aromatic rings. The molecule has 1 aliphatic heterocycles. The molecule has 30 heavy (non-hydrogen) atoms. The molecule has 1 heterocycles. The quantitative estimate of drug-likeness (QED) is 0.710. The minimum Gasteiger partial charge on any atom is -0.353 e. The molecule has 4 amide bonds. The van der Waals surface area contributed by atoms with Crippen LogP contribution >= 0.6 is 0 Å². The second-order valence-electron chi connectivity index (χ2n) is 6.63. The molecule has 10 heteroatoms. The van der Waals surface area contributed by atoms with Gasteiger partial charge in [0.05, 0.1) is 12.0 Å². The van der Waals surface area contributed by atoms with Gasteiger partial charge in [0.25, 0.3) is 0 Å². The Morgan fingerprint density at radius 3 is 2.43 bits per heavy atom. The van der Waals surface area contributed by atoms with Crippen LogP contribution in [-0.2, 0) is 15.8 Å². The number of carbonyl (C=O) groups excluding carboxylic acids is 3. The molecule has 0 spiro atoms. The highest BCUT2D eigenvalue weighted by Gasteiger charge is 2.35. The van der Waals surface area contributed by atoms with Crippen molar-refractivity contribution in [3.8, 4) is 0 Å². The van der Waals surface area contributed by atoms with E-state index < -0.39 is 42.0 Å². The van der Waals surface area contributed by atoms with Crippen molar-refractivity contribution in [3.05, 3.63) is 60.2 Å². The molecule has 0 bridgehead atoms. The van der Waals surface area contributed by atoms with Gasteiger partial charge in [-0.1, -0.05) is 24.3 Å². The van der Waals surface area contributed by atoms with E-state index in [1.165, 1.54) is 17.0 Å². The van der Waals surface area contributed by atoms with Gasteiger partial charge in [-0.25, -0.2) is 4.79 Å². The molecule has 0 radical (unpaired) electrons. The number of anilines is 2. The smallest absolute Gasteiger partial charge is 0.353 e. The van der Waals surface area contributed by atoms with E-state index in [9.17, 15) is 27.6 Å². The summed E-state index contributed by atoms with van der Waals surface area (Å²) in [7, 11) is 0. The summed E-state index contributed by atoms with van der Waals surface area (Å²) >= 11 is 0. The SMILES string of the molecule is O=C(C[C@H]1C(=O)NCCN1C(=O)Nc1ccccc1)Nc1cccc(C(F)(F)F)c1. The lowest BCUT2D eigenvalue weighted by Crippen LogP contribution is -2.59. The summed E-state index contributed by atoms with van der Waals surface area (Å²) in [6.07, 6.45) is -4.94. The van der Waals surface area contributed by atoms with Crippen molar-refractivity contribution in [1.82, 2.24) is 10.2 Å². The number of nitrogens with zero attached hydrogens (tertiary/aromatic N) is 1. The number of benzene rings is 2. The minimum absolute atomic E-state index is 0.0497. The molecule has 3 N–H and O–H groups in total. The van der Waals surface area contributed by atoms with Crippen LogP contribution in [0.15, 0.2) is 54.6 Å². The number of carbonyl (C=O) groups is 3. The van der Waals surface area contributed by atoms with Gasteiger partial charge in [0.15, 0.2) is 0 Å². The monoisotopic (exact) mass is 420 g/mol. The van der Waals surface area contributed by atoms with Gasteiger partial charge < -0.3 is 20.9 Å². The van der Waals surface area contributed by atoms with Crippen LogP contribution in [0.5, 0.6) is 0 Å². The molecule has 158 valence electrons. The highest BCUT2D eigenvalue weighted by atomic mass is 19.4. The van der Waals surface area contributed by atoms with Crippen molar-refractivity contribution in [2.45, 2.75) is 18.6 Å². The molecule has 0 aliphatic carbocycles. The summed E-state index contributed by atoms with van der Waals surface area (Å²) in [5.74, 6) is -1.20. The number of amides is 4. The van der Waals surface area contributed by atoms with Crippen LogP contribution in [0.2, 0.25) is 0 Å². The van der Waals surface area contributed by atoms with Crippen LogP contribution in [0.1, 0.15) is 12.0 Å². The van der Waals surface area contributed by atoms with E-state index in [2.05, 4.69) is 16.0 Å². The number of rotatable bonds is 4. The van der Waals surface area contributed by atoms with Crippen LogP contribution in [0.3, 0.4) is 0 Å². The molecule has 1 aliphatic rings. The number of nitrogens with one attached hydrogen (secondary N) is 3. The first-order valence-electron chi connectivity index (χ1n) is 9.11. The van der Waals surface area contributed by atoms with E-state index in [0.29, 0.717) is 5.69 Å². The molecule has 2 aromatic carbocycles. The zero-order chi connectivity index (χ0) is 21.7. The Morgan fingerprint density at radius 1 is 1.03 bits per heavy atom. The summed E-state index contributed by atoms with van der Waals surface area (Å²) < 4.78 is 38.5. The Hall–Kier alpha value is -3.56. The lowest BCUT2D eigenvalue weighted by atomic mass is 10.1. The maximum atomic E-state index is 12.8. The topological polar surface area (TPSA) is 90.5 Å². The molecule has 1 fully saturated rings. The maximum absolute atomic E-state index is 12.8. The van der Waals surface area contributed by atoms with Gasteiger partial charge in [0, 0.05) is 24.5 Å². The number of para-hydroxylation sites is 1. The van der Waals surface area contributed by atoms with E-state index in [-0.39, 0.29) is 18.8 Å². The third-order valence-electron chi connectivity index (χ3n) is 4.47. The predicted molar refractivity (Wildman–Crippen MR) is 104 cm³/mol. The molecule has 1 atom stereocenters. The minimum atomic E-state index is -4.55. The first-order valence-corrected chi connectivity index (χ1v) is 9.11. The maximum Gasteiger partial charge on any atom is 0.416 e. The summed E-state index contributed by atoms with van der Waals surface area (Å²) in [6, 6.07) is 11.1. The summed E-state index contributed by atoms with van der Waals surface area (Å²) in [5, 5.41) is 7.60. The van der Waals surface area contributed by atoms with Gasteiger partial charge in [-0.3, -0.25) is 9.59 Å². The van der Waals surface area contributed by atoms with Crippen molar-refractivity contribution in [2.75, 3.05) is 23.7 Å². The third-order valence-corrected chi connectivity index (χ3v) is 4.47. The van der Waals surface area contributed by atoms with Crippen molar-refractivity contribution in [3.63, 3.8) is 0 Å². The Balaban J connectivity index is 1.68. The van der Waals surface area contributed by atoms with Crippen molar-refractivity contribution in [2.24, 2.45) is 0 Å². The number of alkyl halides is 3. The van der Waals surface area contributed by atoms with Gasteiger partial charge in [0.1, 0.15) is 6.04 Å². The highest BCUT2D eigenvalue weighted by molar-refractivity contribution is 5.99. The molecule has 3 rings (SSSR count). The highest BCUT2D eigenvalue weighted by Crippen LogP contribution is 2.30. The Labute approximate surface area is 170 Å². The largest absolute Gasteiger partial charge is 0.416 e. The molecule has 0 aromatic heterocycles. The molecule has 7 nitrogen and oxygen atoms in total. The van der Waals surface area contributed by atoms with Gasteiger partial charge >= 0.3 is 12.2 Å². The van der Waals surface area contributed by atoms with Crippen LogP contribution in [-0.4, -0.2) is 41.9 Å². The Morgan fingerprint density at radius 2 is 1.73 bits per heavy atom. The van der Waals surface area contributed by atoms with Crippen LogP contribution < -0.4 is 16.0 Å². The van der Waals surface area contributed by atoms with Crippen molar-refractivity contribution < 1.29 is 27.6 Å². The predicted octanol–water partition coefficient (Wildman–Crippen LogP) is 3.07. The molecular formula is C20H19F3N4O3. The Bertz CT molecular complexity index is 934. The lowest BCUT2D eigenvalue weighted by Gasteiger charge is -2.34. The normalized spacial score (nSPS) is 16.6. The van der Waals surface area contributed by atoms with E-state index in [4.69, 9.17) is 0 Å². The van der Waals surface area contributed by atoms with E-state index >= 15 is 0 Å². The molecular weight excluding hydrogens is 401 g/mol. The number of hydrogen-bond donors (Lipinski definition) is 3. The number of halogens is 3. The zero-order valence-electron chi connectivity index (χ0n) is 15.7. The van der Waals surface area contributed by atoms with Gasteiger partial charge in [0.2, 0.25) is 11.8 Å². The lowest BCUT2D eigenvalue weighted by molar-refractivity contribution is -0.137. The summed E-state index contributed by atoms with van der Waals surface area (Å²) in [5.41, 5.74) is -0.424. The molecule has 1 saturated heterocycles. The van der Waals surface area contributed by atoms with Crippen LogP contribution in [0, 0.1) is 0 Å². The van der Waals surface area contributed by atoms with Gasteiger partial charge in [-0.05, 0) is 30.3 Å². The molecule has 0 unspecified atom stereocenters. The fourth-order valence-corrected chi connectivity index (χ4v) is 3.04. The van der Waals surface area contributed by atoms with E-state index in [0.717, 1.165) is 12.1 Å². The molecule has 0 saturated carbocycles. The van der Waals surface area contributed by atoms with E-state index in [1.54, 1.807) is 30.3 Å². The number of hydrogen-bond acceptors (Lipinski definition) is 3. The number of urea groups is 1. The average molecular weight is 420 g/mol.